The summed E-state index contributed by atoms with van der Waals surface area (Å²) in [6.45, 7) is 3.48. The van der Waals surface area contributed by atoms with Gasteiger partial charge in [0.15, 0.2) is 6.61 Å². The molecule has 7 nitrogen and oxygen atoms in total. The van der Waals surface area contributed by atoms with Gasteiger partial charge in [0.1, 0.15) is 4.88 Å². The lowest BCUT2D eigenvalue weighted by atomic mass is 10.1. The summed E-state index contributed by atoms with van der Waals surface area (Å²) in [5.41, 5.74) is 2.63. The number of nitro groups is 1. The number of rotatable bonds is 6. The Hall–Kier alpha value is -3.26. The van der Waals surface area contributed by atoms with Gasteiger partial charge in [-0.3, -0.25) is 14.9 Å². The number of non-ortho nitro benzene ring substituents is 1. The second-order valence-corrected chi connectivity index (χ2v) is 7.26. The zero-order valence-corrected chi connectivity index (χ0v) is 16.2. The highest BCUT2D eigenvalue weighted by Gasteiger charge is 2.16. The standard InChI is InChI=1S/C20H18N2O5S/c1-3-13-6-4-5-12(2)19(13)21-18(23)11-27-20(24)17-10-14-9-15(22(25)26)7-8-16(14)28-17/h4-10H,3,11H2,1-2H3,(H,21,23). The van der Waals surface area contributed by atoms with Crippen LogP contribution in [0, 0.1) is 17.0 Å². The highest BCUT2D eigenvalue weighted by molar-refractivity contribution is 7.20. The summed E-state index contributed by atoms with van der Waals surface area (Å²) < 4.78 is 5.84. The molecular weight excluding hydrogens is 380 g/mol. The molecule has 0 saturated heterocycles. The minimum absolute atomic E-state index is 0.0467. The molecule has 3 rings (SSSR count). The van der Waals surface area contributed by atoms with Crippen molar-refractivity contribution in [2.24, 2.45) is 0 Å². The van der Waals surface area contributed by atoms with Crippen LogP contribution < -0.4 is 5.32 Å². The molecule has 144 valence electrons. The van der Waals surface area contributed by atoms with Crippen LogP contribution >= 0.6 is 11.3 Å². The summed E-state index contributed by atoms with van der Waals surface area (Å²) in [6.07, 6.45) is 0.769. The van der Waals surface area contributed by atoms with E-state index < -0.39 is 23.4 Å². The maximum absolute atomic E-state index is 12.3. The molecule has 0 fully saturated rings. The van der Waals surface area contributed by atoms with Crippen molar-refractivity contribution in [1.82, 2.24) is 0 Å². The highest BCUT2D eigenvalue weighted by atomic mass is 32.1. The van der Waals surface area contributed by atoms with Crippen molar-refractivity contribution in [3.63, 3.8) is 0 Å². The number of esters is 1. The van der Waals surface area contributed by atoms with E-state index in [4.69, 9.17) is 4.74 Å². The van der Waals surface area contributed by atoms with Crippen molar-refractivity contribution in [3.05, 3.63) is 68.6 Å². The van der Waals surface area contributed by atoms with Crippen LogP contribution in [0.1, 0.15) is 27.7 Å². The van der Waals surface area contributed by atoms with E-state index in [1.165, 1.54) is 18.2 Å². The molecule has 0 aliphatic rings. The number of thiophene rings is 1. The molecule has 1 N–H and O–H groups in total. The number of nitrogens with zero attached hydrogens (tertiary/aromatic N) is 1. The third-order valence-corrected chi connectivity index (χ3v) is 5.35. The number of fused-ring (bicyclic) bond motifs is 1. The lowest BCUT2D eigenvalue weighted by Crippen LogP contribution is -2.21. The summed E-state index contributed by atoms with van der Waals surface area (Å²) in [4.78, 5) is 35.1. The molecule has 0 aliphatic carbocycles. The van der Waals surface area contributed by atoms with Crippen LogP contribution in [0.5, 0.6) is 0 Å². The van der Waals surface area contributed by atoms with Gasteiger partial charge in [0.2, 0.25) is 0 Å². The van der Waals surface area contributed by atoms with Crippen LogP contribution in [0.15, 0.2) is 42.5 Å². The predicted molar refractivity (Wildman–Crippen MR) is 108 cm³/mol. The van der Waals surface area contributed by atoms with Crippen LogP contribution in [-0.2, 0) is 16.0 Å². The average Bonchev–Trinajstić information content (AvgIpc) is 3.11. The van der Waals surface area contributed by atoms with Gasteiger partial charge in [-0.15, -0.1) is 11.3 Å². The van der Waals surface area contributed by atoms with E-state index >= 15 is 0 Å². The molecule has 0 atom stereocenters. The van der Waals surface area contributed by atoms with Gasteiger partial charge >= 0.3 is 5.97 Å². The van der Waals surface area contributed by atoms with E-state index in [9.17, 15) is 19.7 Å². The Morgan fingerprint density at radius 2 is 2.00 bits per heavy atom. The number of benzene rings is 2. The summed E-state index contributed by atoms with van der Waals surface area (Å²) in [6, 6.07) is 11.7. The minimum atomic E-state index is -0.639. The Morgan fingerprint density at radius 1 is 1.21 bits per heavy atom. The molecule has 28 heavy (non-hydrogen) atoms. The summed E-state index contributed by atoms with van der Waals surface area (Å²) in [5, 5.41) is 14.2. The Kier molecular flexibility index (Phi) is 5.70. The molecule has 0 bridgehead atoms. The van der Waals surface area contributed by atoms with E-state index in [0.717, 1.165) is 39.3 Å². The van der Waals surface area contributed by atoms with E-state index in [-0.39, 0.29) is 10.6 Å². The molecule has 1 aromatic heterocycles. The molecule has 0 saturated carbocycles. The fourth-order valence-electron chi connectivity index (χ4n) is 2.82. The van der Waals surface area contributed by atoms with Gasteiger partial charge in [-0.1, -0.05) is 25.1 Å². The number of nitro benzene ring substituents is 1. The van der Waals surface area contributed by atoms with Crippen LogP contribution in [0.3, 0.4) is 0 Å². The number of amides is 1. The van der Waals surface area contributed by atoms with Crippen molar-refractivity contribution in [3.8, 4) is 0 Å². The third kappa shape index (κ3) is 4.17. The molecule has 3 aromatic rings. The molecule has 0 unspecified atom stereocenters. The van der Waals surface area contributed by atoms with Gasteiger partial charge in [-0.05, 0) is 36.6 Å². The maximum atomic E-state index is 12.3. The normalized spacial score (nSPS) is 10.6. The summed E-state index contributed by atoms with van der Waals surface area (Å²) >= 11 is 1.16. The monoisotopic (exact) mass is 398 g/mol. The topological polar surface area (TPSA) is 98.5 Å². The molecule has 1 amide bonds. The first-order chi connectivity index (χ1) is 13.4. The van der Waals surface area contributed by atoms with Crippen LogP contribution in [0.4, 0.5) is 11.4 Å². The van der Waals surface area contributed by atoms with Crippen LogP contribution in [-0.4, -0.2) is 23.4 Å². The predicted octanol–water partition coefficient (Wildman–Crippen LogP) is 4.48. The van der Waals surface area contributed by atoms with Crippen molar-refractivity contribution < 1.29 is 19.2 Å². The van der Waals surface area contributed by atoms with E-state index in [1.807, 2.05) is 32.0 Å². The molecule has 0 spiro atoms. The number of ether oxygens (including phenoxy) is 1. The number of aryl methyl sites for hydroxylation is 2. The number of para-hydroxylation sites is 1. The van der Waals surface area contributed by atoms with Gasteiger partial charge in [0.05, 0.1) is 4.92 Å². The second kappa shape index (κ2) is 8.18. The van der Waals surface area contributed by atoms with Crippen molar-refractivity contribution in [1.29, 1.82) is 0 Å². The zero-order valence-electron chi connectivity index (χ0n) is 15.4. The minimum Gasteiger partial charge on any atom is -0.451 e. The first-order valence-electron chi connectivity index (χ1n) is 8.62. The number of hydrogen-bond donors (Lipinski definition) is 1. The maximum Gasteiger partial charge on any atom is 0.348 e. The van der Waals surface area contributed by atoms with Crippen molar-refractivity contribution in [2.45, 2.75) is 20.3 Å². The number of carbonyl (C=O) groups excluding carboxylic acids is 2. The second-order valence-electron chi connectivity index (χ2n) is 6.18. The number of hydrogen-bond acceptors (Lipinski definition) is 6. The Morgan fingerprint density at radius 3 is 2.71 bits per heavy atom. The molecule has 1 heterocycles. The van der Waals surface area contributed by atoms with E-state index in [1.54, 1.807) is 6.07 Å². The van der Waals surface area contributed by atoms with Gasteiger partial charge in [0, 0.05) is 27.9 Å². The van der Waals surface area contributed by atoms with Crippen LogP contribution in [0.25, 0.3) is 10.1 Å². The number of anilines is 1. The Labute approximate surface area is 165 Å². The van der Waals surface area contributed by atoms with Gasteiger partial charge in [-0.25, -0.2) is 4.79 Å². The fourth-order valence-corrected chi connectivity index (χ4v) is 3.76. The summed E-state index contributed by atoms with van der Waals surface area (Å²) in [7, 11) is 0. The largest absolute Gasteiger partial charge is 0.451 e. The van der Waals surface area contributed by atoms with Crippen molar-refractivity contribution >= 4 is 44.7 Å². The number of carbonyl (C=O) groups is 2. The molecular formula is C20H18N2O5S. The molecule has 0 radical (unpaired) electrons. The van der Waals surface area contributed by atoms with Gasteiger partial charge < -0.3 is 10.1 Å². The summed E-state index contributed by atoms with van der Waals surface area (Å²) in [5.74, 6) is -1.06. The third-order valence-electron chi connectivity index (χ3n) is 4.25. The first kappa shape index (κ1) is 19.5. The highest BCUT2D eigenvalue weighted by Crippen LogP contribution is 2.29. The van der Waals surface area contributed by atoms with E-state index in [0.29, 0.717) is 5.39 Å². The Bertz CT molecular complexity index is 1070. The fraction of sp³-hybridized carbons (Fsp3) is 0.200. The number of nitrogens with one attached hydrogen (secondary N) is 1. The van der Waals surface area contributed by atoms with Crippen LogP contribution in [0.2, 0.25) is 0 Å². The van der Waals surface area contributed by atoms with Crippen molar-refractivity contribution in [2.75, 3.05) is 11.9 Å². The first-order valence-corrected chi connectivity index (χ1v) is 9.44. The molecule has 0 aliphatic heterocycles. The van der Waals surface area contributed by atoms with Gasteiger partial charge in [0.25, 0.3) is 11.6 Å². The average molecular weight is 398 g/mol. The Balaban J connectivity index is 1.66. The smallest absolute Gasteiger partial charge is 0.348 e. The lowest BCUT2D eigenvalue weighted by molar-refractivity contribution is -0.384. The lowest BCUT2D eigenvalue weighted by Gasteiger charge is -2.12. The quantitative estimate of drug-likeness (QED) is 0.375. The zero-order chi connectivity index (χ0) is 20.3. The van der Waals surface area contributed by atoms with E-state index in [2.05, 4.69) is 5.32 Å². The molecule has 8 heteroatoms. The SMILES string of the molecule is CCc1cccc(C)c1NC(=O)COC(=O)c1cc2cc([N+](=O)[O-])ccc2s1. The molecule has 2 aromatic carbocycles. The van der Waals surface area contributed by atoms with Gasteiger partial charge in [-0.2, -0.15) is 0 Å².